The number of aromatic nitrogens is 3. The van der Waals surface area contributed by atoms with E-state index in [9.17, 15) is 0 Å². The molecule has 2 heterocycles. The standard InChI is InChI=1S/C13H24N6/c1-2-3-5-8-15-12-16-11(14)17-13(18-12)19-9-6-4-7-10-19/h2-10H2,1H3,(H3,14,15,16,17,18). The Morgan fingerprint density at radius 1 is 1.11 bits per heavy atom. The van der Waals surface area contributed by atoms with Crippen LogP contribution in [-0.2, 0) is 0 Å². The molecule has 0 atom stereocenters. The van der Waals surface area contributed by atoms with Gasteiger partial charge in [-0.3, -0.25) is 0 Å². The molecule has 1 saturated heterocycles. The molecule has 0 bridgehead atoms. The molecule has 3 N–H and O–H groups in total. The van der Waals surface area contributed by atoms with E-state index >= 15 is 0 Å². The van der Waals surface area contributed by atoms with Crippen LogP contribution in [0.4, 0.5) is 17.8 Å². The number of nitrogen functional groups attached to an aromatic ring is 1. The number of nitrogens with one attached hydrogen (secondary N) is 1. The van der Waals surface area contributed by atoms with Crippen LogP contribution in [0.2, 0.25) is 0 Å². The van der Waals surface area contributed by atoms with Crippen molar-refractivity contribution in [1.82, 2.24) is 15.0 Å². The maximum Gasteiger partial charge on any atom is 0.231 e. The fraction of sp³-hybridized carbons (Fsp3) is 0.769. The SMILES string of the molecule is CCCCCNc1nc(N)nc(N2CCCCC2)n1. The molecule has 0 saturated carbocycles. The van der Waals surface area contributed by atoms with E-state index in [1.807, 2.05) is 0 Å². The number of nitrogens with zero attached hydrogens (tertiary/aromatic N) is 4. The molecule has 1 aromatic rings. The van der Waals surface area contributed by atoms with Crippen molar-refractivity contribution in [3.63, 3.8) is 0 Å². The Bertz CT molecular complexity index is 389. The van der Waals surface area contributed by atoms with E-state index in [1.54, 1.807) is 0 Å². The molecule has 1 fully saturated rings. The quantitative estimate of drug-likeness (QED) is 0.765. The predicted molar refractivity (Wildman–Crippen MR) is 78.3 cm³/mol. The minimum Gasteiger partial charge on any atom is -0.368 e. The first-order valence-electron chi connectivity index (χ1n) is 7.30. The maximum absolute atomic E-state index is 5.77. The number of rotatable bonds is 6. The van der Waals surface area contributed by atoms with Crippen LogP contribution >= 0.6 is 0 Å². The van der Waals surface area contributed by atoms with Gasteiger partial charge in [0, 0.05) is 19.6 Å². The average molecular weight is 264 g/mol. The molecule has 0 aromatic carbocycles. The van der Waals surface area contributed by atoms with Gasteiger partial charge in [0.05, 0.1) is 0 Å². The summed E-state index contributed by atoms with van der Waals surface area (Å²) >= 11 is 0. The van der Waals surface area contributed by atoms with E-state index < -0.39 is 0 Å². The number of hydrogen-bond donors (Lipinski definition) is 2. The van der Waals surface area contributed by atoms with E-state index in [0.717, 1.165) is 26.1 Å². The first kappa shape index (κ1) is 13.8. The third kappa shape index (κ3) is 4.22. The number of nitrogens with two attached hydrogens (primary N) is 1. The van der Waals surface area contributed by atoms with Gasteiger partial charge in [0.1, 0.15) is 0 Å². The summed E-state index contributed by atoms with van der Waals surface area (Å²) in [6.07, 6.45) is 7.24. The van der Waals surface area contributed by atoms with Gasteiger partial charge in [-0.1, -0.05) is 19.8 Å². The zero-order valence-corrected chi connectivity index (χ0v) is 11.7. The Labute approximate surface area is 114 Å². The number of anilines is 3. The lowest BCUT2D eigenvalue weighted by atomic mass is 10.1. The molecule has 0 radical (unpaired) electrons. The molecule has 1 aromatic heterocycles. The lowest BCUT2D eigenvalue weighted by Crippen LogP contribution is -2.31. The van der Waals surface area contributed by atoms with Gasteiger partial charge in [-0.25, -0.2) is 0 Å². The highest BCUT2D eigenvalue weighted by Crippen LogP contribution is 2.17. The summed E-state index contributed by atoms with van der Waals surface area (Å²) in [5.74, 6) is 1.61. The summed E-state index contributed by atoms with van der Waals surface area (Å²) < 4.78 is 0. The first-order chi connectivity index (χ1) is 9.29. The van der Waals surface area contributed by atoms with Gasteiger partial charge in [-0.15, -0.1) is 0 Å². The van der Waals surface area contributed by atoms with Crippen molar-refractivity contribution < 1.29 is 0 Å². The Hall–Kier alpha value is -1.59. The molecule has 2 rings (SSSR count). The third-order valence-electron chi connectivity index (χ3n) is 3.34. The van der Waals surface area contributed by atoms with Gasteiger partial charge in [0.15, 0.2) is 0 Å². The normalized spacial score (nSPS) is 15.5. The fourth-order valence-electron chi connectivity index (χ4n) is 2.27. The molecular formula is C13H24N6. The summed E-state index contributed by atoms with van der Waals surface area (Å²) in [6.45, 7) is 5.10. The van der Waals surface area contributed by atoms with Crippen LogP contribution in [0.25, 0.3) is 0 Å². The van der Waals surface area contributed by atoms with Crippen LogP contribution in [0.15, 0.2) is 0 Å². The Morgan fingerprint density at radius 3 is 2.63 bits per heavy atom. The van der Waals surface area contributed by atoms with E-state index in [4.69, 9.17) is 5.73 Å². The molecule has 6 heteroatoms. The first-order valence-corrected chi connectivity index (χ1v) is 7.30. The molecule has 19 heavy (non-hydrogen) atoms. The van der Waals surface area contributed by atoms with Gasteiger partial charge in [-0.05, 0) is 25.7 Å². The van der Waals surface area contributed by atoms with Crippen LogP contribution in [0.5, 0.6) is 0 Å². The van der Waals surface area contributed by atoms with Crippen molar-refractivity contribution in [2.24, 2.45) is 0 Å². The minimum absolute atomic E-state index is 0.300. The molecule has 6 nitrogen and oxygen atoms in total. The van der Waals surface area contributed by atoms with Gasteiger partial charge in [0.25, 0.3) is 0 Å². The fourth-order valence-corrected chi connectivity index (χ4v) is 2.27. The zero-order valence-electron chi connectivity index (χ0n) is 11.7. The second-order valence-corrected chi connectivity index (χ2v) is 5.00. The smallest absolute Gasteiger partial charge is 0.231 e. The van der Waals surface area contributed by atoms with Crippen molar-refractivity contribution in [3.05, 3.63) is 0 Å². The highest BCUT2D eigenvalue weighted by Gasteiger charge is 2.15. The van der Waals surface area contributed by atoms with Crippen LogP contribution in [-0.4, -0.2) is 34.6 Å². The zero-order chi connectivity index (χ0) is 13.5. The Balaban J connectivity index is 1.97. The summed E-state index contributed by atoms with van der Waals surface area (Å²) in [5.41, 5.74) is 5.77. The van der Waals surface area contributed by atoms with E-state index in [2.05, 4.69) is 32.1 Å². The minimum atomic E-state index is 0.300. The summed E-state index contributed by atoms with van der Waals surface area (Å²) in [5, 5.41) is 3.23. The van der Waals surface area contributed by atoms with Crippen molar-refractivity contribution in [1.29, 1.82) is 0 Å². The van der Waals surface area contributed by atoms with Crippen LogP contribution in [0.3, 0.4) is 0 Å². The van der Waals surface area contributed by atoms with Crippen LogP contribution < -0.4 is 16.0 Å². The van der Waals surface area contributed by atoms with Crippen molar-refractivity contribution in [2.45, 2.75) is 45.4 Å². The molecular weight excluding hydrogens is 240 g/mol. The molecule has 0 amide bonds. The largest absolute Gasteiger partial charge is 0.368 e. The lowest BCUT2D eigenvalue weighted by molar-refractivity contribution is 0.568. The van der Waals surface area contributed by atoms with Gasteiger partial charge in [-0.2, -0.15) is 15.0 Å². The second-order valence-electron chi connectivity index (χ2n) is 5.00. The van der Waals surface area contributed by atoms with E-state index in [0.29, 0.717) is 17.8 Å². The summed E-state index contributed by atoms with van der Waals surface area (Å²) in [6, 6.07) is 0. The molecule has 0 aliphatic carbocycles. The van der Waals surface area contributed by atoms with Gasteiger partial charge < -0.3 is 16.0 Å². The third-order valence-corrected chi connectivity index (χ3v) is 3.34. The highest BCUT2D eigenvalue weighted by atomic mass is 15.3. The molecule has 0 unspecified atom stereocenters. The summed E-state index contributed by atoms with van der Waals surface area (Å²) in [4.78, 5) is 15.0. The van der Waals surface area contributed by atoms with Crippen LogP contribution in [0, 0.1) is 0 Å². The molecule has 0 spiro atoms. The van der Waals surface area contributed by atoms with Crippen molar-refractivity contribution in [2.75, 3.05) is 35.6 Å². The van der Waals surface area contributed by atoms with E-state index in [-0.39, 0.29) is 0 Å². The highest BCUT2D eigenvalue weighted by molar-refractivity contribution is 5.42. The lowest BCUT2D eigenvalue weighted by Gasteiger charge is -2.26. The Kier molecular flexibility index (Phi) is 5.18. The van der Waals surface area contributed by atoms with Gasteiger partial charge >= 0.3 is 0 Å². The average Bonchev–Trinajstić information content (AvgIpc) is 2.44. The Morgan fingerprint density at radius 2 is 1.89 bits per heavy atom. The van der Waals surface area contributed by atoms with E-state index in [1.165, 1.54) is 32.1 Å². The number of hydrogen-bond acceptors (Lipinski definition) is 6. The summed E-state index contributed by atoms with van der Waals surface area (Å²) in [7, 11) is 0. The van der Waals surface area contributed by atoms with Gasteiger partial charge in [0.2, 0.25) is 17.8 Å². The molecule has 1 aliphatic rings. The van der Waals surface area contributed by atoms with Crippen molar-refractivity contribution in [3.8, 4) is 0 Å². The van der Waals surface area contributed by atoms with Crippen LogP contribution in [0.1, 0.15) is 45.4 Å². The maximum atomic E-state index is 5.77. The number of piperidine rings is 1. The molecule has 1 aliphatic heterocycles. The topological polar surface area (TPSA) is 80.0 Å². The molecule has 106 valence electrons. The number of unbranched alkanes of at least 4 members (excludes halogenated alkanes) is 2. The van der Waals surface area contributed by atoms with Crippen molar-refractivity contribution >= 4 is 17.8 Å². The predicted octanol–water partition coefficient (Wildman–Crippen LogP) is 2.05. The second kappa shape index (κ2) is 7.11. The monoisotopic (exact) mass is 264 g/mol.